The summed E-state index contributed by atoms with van der Waals surface area (Å²) in [6.07, 6.45) is 2.04. The molecule has 2 aromatic carbocycles. The predicted molar refractivity (Wildman–Crippen MR) is 79.7 cm³/mol. The molecular weight excluding hydrogens is 256 g/mol. The third-order valence-electron chi connectivity index (χ3n) is 3.05. The van der Waals surface area contributed by atoms with Gasteiger partial charge in [0.15, 0.2) is 0 Å². The van der Waals surface area contributed by atoms with Gasteiger partial charge < -0.3 is 4.42 Å². The lowest BCUT2D eigenvalue weighted by Crippen LogP contribution is -1.97. The highest BCUT2D eigenvalue weighted by molar-refractivity contribution is 7.98. The van der Waals surface area contributed by atoms with E-state index < -0.39 is 0 Å². The first-order chi connectivity index (χ1) is 9.28. The van der Waals surface area contributed by atoms with Crippen LogP contribution in [0, 0.1) is 0 Å². The van der Waals surface area contributed by atoms with Gasteiger partial charge in [0.05, 0.1) is 0 Å². The number of fused-ring (bicyclic) bond motifs is 1. The third kappa shape index (κ3) is 2.29. The van der Waals surface area contributed by atoms with Crippen molar-refractivity contribution < 1.29 is 4.42 Å². The standard InChI is InChI=1S/C16H12O2S/c1-19-12-8-6-11(7-9-12)14-10-16(17)18-15-5-3-2-4-13(14)15/h2-10H,1H3. The second-order valence-electron chi connectivity index (χ2n) is 4.20. The molecule has 0 atom stereocenters. The summed E-state index contributed by atoms with van der Waals surface area (Å²) in [5.74, 6) is 0. The monoisotopic (exact) mass is 268 g/mol. The van der Waals surface area contributed by atoms with Gasteiger partial charge in [-0.1, -0.05) is 30.3 Å². The molecule has 19 heavy (non-hydrogen) atoms. The zero-order valence-corrected chi connectivity index (χ0v) is 11.2. The zero-order chi connectivity index (χ0) is 13.2. The van der Waals surface area contributed by atoms with Crippen LogP contribution in [0.25, 0.3) is 22.1 Å². The van der Waals surface area contributed by atoms with Crippen molar-refractivity contribution in [1.29, 1.82) is 0 Å². The van der Waals surface area contributed by atoms with Crippen molar-refractivity contribution in [2.45, 2.75) is 4.90 Å². The molecule has 94 valence electrons. The van der Waals surface area contributed by atoms with Crippen LogP contribution in [-0.2, 0) is 0 Å². The Morgan fingerprint density at radius 2 is 1.74 bits per heavy atom. The van der Waals surface area contributed by atoms with Crippen LogP contribution in [0.15, 0.2) is 68.7 Å². The highest BCUT2D eigenvalue weighted by atomic mass is 32.2. The predicted octanol–water partition coefficient (Wildman–Crippen LogP) is 4.18. The molecule has 0 aliphatic rings. The number of rotatable bonds is 2. The Labute approximate surface area is 115 Å². The molecule has 1 aromatic heterocycles. The van der Waals surface area contributed by atoms with E-state index in [1.807, 2.05) is 42.7 Å². The number of thioether (sulfide) groups is 1. The average Bonchev–Trinajstić information content (AvgIpc) is 2.46. The van der Waals surface area contributed by atoms with E-state index in [1.165, 1.54) is 4.90 Å². The second-order valence-corrected chi connectivity index (χ2v) is 5.08. The van der Waals surface area contributed by atoms with Crippen molar-refractivity contribution in [2.24, 2.45) is 0 Å². The van der Waals surface area contributed by atoms with Crippen molar-refractivity contribution in [3.05, 3.63) is 65.0 Å². The van der Waals surface area contributed by atoms with Gasteiger partial charge in [0.2, 0.25) is 0 Å². The smallest absolute Gasteiger partial charge is 0.336 e. The molecular formula is C16H12O2S. The number of hydrogen-bond donors (Lipinski definition) is 0. The van der Waals surface area contributed by atoms with Crippen LogP contribution in [0.5, 0.6) is 0 Å². The van der Waals surface area contributed by atoms with E-state index >= 15 is 0 Å². The summed E-state index contributed by atoms with van der Waals surface area (Å²) >= 11 is 1.70. The van der Waals surface area contributed by atoms with Crippen molar-refractivity contribution >= 4 is 22.7 Å². The Bertz CT molecular complexity index is 773. The van der Waals surface area contributed by atoms with Crippen molar-refractivity contribution in [2.75, 3.05) is 6.26 Å². The molecule has 3 aromatic rings. The van der Waals surface area contributed by atoms with Crippen LogP contribution in [0.1, 0.15) is 0 Å². The van der Waals surface area contributed by atoms with Gasteiger partial charge in [0, 0.05) is 16.3 Å². The highest BCUT2D eigenvalue weighted by Crippen LogP contribution is 2.28. The Morgan fingerprint density at radius 1 is 1.00 bits per heavy atom. The number of hydrogen-bond acceptors (Lipinski definition) is 3. The lowest BCUT2D eigenvalue weighted by molar-refractivity contribution is 0.561. The summed E-state index contributed by atoms with van der Waals surface area (Å²) in [5.41, 5.74) is 2.25. The normalized spacial score (nSPS) is 10.8. The number of benzene rings is 2. The fourth-order valence-electron chi connectivity index (χ4n) is 2.12. The Morgan fingerprint density at radius 3 is 2.47 bits per heavy atom. The molecule has 0 saturated heterocycles. The molecule has 0 aliphatic heterocycles. The molecule has 0 fully saturated rings. The molecule has 0 N–H and O–H groups in total. The largest absolute Gasteiger partial charge is 0.423 e. The van der Waals surface area contributed by atoms with E-state index in [9.17, 15) is 4.79 Å². The van der Waals surface area contributed by atoms with Crippen LogP contribution in [-0.4, -0.2) is 6.26 Å². The van der Waals surface area contributed by atoms with Gasteiger partial charge in [0.1, 0.15) is 5.58 Å². The van der Waals surface area contributed by atoms with Gasteiger partial charge in [-0.25, -0.2) is 4.79 Å². The third-order valence-corrected chi connectivity index (χ3v) is 3.79. The first-order valence-electron chi connectivity index (χ1n) is 5.95. The first-order valence-corrected chi connectivity index (χ1v) is 7.18. The van der Waals surface area contributed by atoms with Gasteiger partial charge in [-0.2, -0.15) is 0 Å². The molecule has 1 heterocycles. The summed E-state index contributed by atoms with van der Waals surface area (Å²) < 4.78 is 5.21. The van der Waals surface area contributed by atoms with E-state index in [2.05, 4.69) is 12.1 Å². The average molecular weight is 268 g/mol. The summed E-state index contributed by atoms with van der Waals surface area (Å²) in [7, 11) is 0. The summed E-state index contributed by atoms with van der Waals surface area (Å²) in [6, 6.07) is 17.3. The van der Waals surface area contributed by atoms with Gasteiger partial charge in [-0.15, -0.1) is 11.8 Å². The van der Waals surface area contributed by atoms with Crippen molar-refractivity contribution in [3.63, 3.8) is 0 Å². The van der Waals surface area contributed by atoms with Crippen LogP contribution >= 0.6 is 11.8 Å². The fourth-order valence-corrected chi connectivity index (χ4v) is 2.53. The first kappa shape index (κ1) is 12.1. The number of para-hydroxylation sites is 1. The summed E-state index contributed by atoms with van der Waals surface area (Å²) in [6.45, 7) is 0. The molecule has 0 saturated carbocycles. The molecule has 0 spiro atoms. The van der Waals surface area contributed by atoms with Crippen LogP contribution in [0.3, 0.4) is 0 Å². The molecule has 0 unspecified atom stereocenters. The topological polar surface area (TPSA) is 30.2 Å². The molecule has 3 heteroatoms. The van der Waals surface area contributed by atoms with Crippen molar-refractivity contribution in [1.82, 2.24) is 0 Å². The van der Waals surface area contributed by atoms with Gasteiger partial charge in [-0.05, 0) is 35.6 Å². The van der Waals surface area contributed by atoms with E-state index in [1.54, 1.807) is 17.8 Å². The highest BCUT2D eigenvalue weighted by Gasteiger charge is 2.07. The van der Waals surface area contributed by atoms with E-state index in [-0.39, 0.29) is 5.63 Å². The fraction of sp³-hybridized carbons (Fsp3) is 0.0625. The maximum atomic E-state index is 11.6. The minimum absolute atomic E-state index is 0.317. The summed E-state index contributed by atoms with van der Waals surface area (Å²) in [4.78, 5) is 12.8. The Hall–Kier alpha value is -2.00. The minimum Gasteiger partial charge on any atom is -0.423 e. The molecule has 0 radical (unpaired) electrons. The van der Waals surface area contributed by atoms with E-state index in [0.717, 1.165) is 16.5 Å². The maximum absolute atomic E-state index is 11.6. The minimum atomic E-state index is -0.317. The van der Waals surface area contributed by atoms with Crippen molar-refractivity contribution in [3.8, 4) is 11.1 Å². The quantitative estimate of drug-likeness (QED) is 0.516. The Kier molecular flexibility index (Phi) is 3.13. The lowest BCUT2D eigenvalue weighted by Gasteiger charge is -2.06. The van der Waals surface area contributed by atoms with Crippen LogP contribution < -0.4 is 5.63 Å². The molecule has 0 amide bonds. The van der Waals surface area contributed by atoms with Gasteiger partial charge >= 0.3 is 5.63 Å². The van der Waals surface area contributed by atoms with E-state index in [0.29, 0.717) is 5.58 Å². The maximum Gasteiger partial charge on any atom is 0.336 e. The molecule has 0 bridgehead atoms. The summed E-state index contributed by atoms with van der Waals surface area (Å²) in [5, 5.41) is 0.957. The molecule has 2 nitrogen and oxygen atoms in total. The van der Waals surface area contributed by atoms with Crippen LogP contribution in [0.4, 0.5) is 0 Å². The van der Waals surface area contributed by atoms with Gasteiger partial charge in [0.25, 0.3) is 0 Å². The SMILES string of the molecule is CSc1ccc(-c2cc(=O)oc3ccccc23)cc1. The zero-order valence-electron chi connectivity index (χ0n) is 10.4. The van der Waals surface area contributed by atoms with E-state index in [4.69, 9.17) is 4.42 Å². The molecule has 3 rings (SSSR count). The Balaban J connectivity index is 2.25. The van der Waals surface area contributed by atoms with Crippen LogP contribution in [0.2, 0.25) is 0 Å². The second kappa shape index (κ2) is 4.94. The molecule has 0 aliphatic carbocycles. The van der Waals surface area contributed by atoms with Gasteiger partial charge in [-0.3, -0.25) is 0 Å². The lowest BCUT2D eigenvalue weighted by atomic mass is 10.0.